The summed E-state index contributed by atoms with van der Waals surface area (Å²) in [6.07, 6.45) is 3.78. The Bertz CT molecular complexity index is 500. The molecule has 0 fully saturated rings. The van der Waals surface area contributed by atoms with Gasteiger partial charge in [-0.25, -0.2) is 14.6 Å². The monoisotopic (exact) mass is 248 g/mol. The molecule has 0 atom stereocenters. The van der Waals surface area contributed by atoms with E-state index in [1.165, 1.54) is 0 Å². The standard InChI is InChI=1S/C12H20N6/c1-4-7-17(8-5-2)11-10-12(14-9-13-11)18(6-3)16-15-10/h9H,4-8H2,1-3H3. The average Bonchev–Trinajstić information content (AvgIpc) is 2.81. The summed E-state index contributed by atoms with van der Waals surface area (Å²) in [5.74, 6) is 0.906. The zero-order valence-electron chi connectivity index (χ0n) is 11.3. The molecule has 6 nitrogen and oxygen atoms in total. The number of aromatic nitrogens is 5. The number of aryl methyl sites for hydroxylation is 1. The fourth-order valence-corrected chi connectivity index (χ4v) is 2.09. The Hall–Kier alpha value is -1.72. The van der Waals surface area contributed by atoms with Gasteiger partial charge in [0.2, 0.25) is 0 Å². The Morgan fingerprint density at radius 3 is 2.44 bits per heavy atom. The minimum absolute atomic E-state index is 0.772. The van der Waals surface area contributed by atoms with Crippen molar-refractivity contribution in [2.45, 2.75) is 40.2 Å². The fraction of sp³-hybridized carbons (Fsp3) is 0.667. The molecule has 6 heteroatoms. The van der Waals surface area contributed by atoms with Gasteiger partial charge in [0.1, 0.15) is 6.33 Å². The molecule has 2 heterocycles. The highest BCUT2D eigenvalue weighted by molar-refractivity contribution is 5.82. The van der Waals surface area contributed by atoms with E-state index in [-0.39, 0.29) is 0 Å². The third-order valence-electron chi connectivity index (χ3n) is 2.87. The third kappa shape index (κ3) is 2.27. The summed E-state index contributed by atoms with van der Waals surface area (Å²) in [5.41, 5.74) is 1.63. The molecular weight excluding hydrogens is 228 g/mol. The van der Waals surface area contributed by atoms with E-state index < -0.39 is 0 Å². The van der Waals surface area contributed by atoms with Crippen LogP contribution < -0.4 is 4.90 Å². The van der Waals surface area contributed by atoms with Gasteiger partial charge < -0.3 is 4.90 Å². The van der Waals surface area contributed by atoms with Crippen molar-refractivity contribution in [2.24, 2.45) is 0 Å². The van der Waals surface area contributed by atoms with Crippen LogP contribution in [-0.2, 0) is 6.54 Å². The molecular formula is C12H20N6. The summed E-state index contributed by atoms with van der Waals surface area (Å²) in [7, 11) is 0. The predicted octanol–water partition coefficient (Wildman–Crippen LogP) is 1.87. The molecule has 0 radical (unpaired) electrons. The van der Waals surface area contributed by atoms with Crippen molar-refractivity contribution >= 4 is 17.0 Å². The van der Waals surface area contributed by atoms with Gasteiger partial charge in [-0.05, 0) is 19.8 Å². The van der Waals surface area contributed by atoms with Crippen LogP contribution in [0.4, 0.5) is 5.82 Å². The molecule has 0 unspecified atom stereocenters. The fourth-order valence-electron chi connectivity index (χ4n) is 2.09. The minimum atomic E-state index is 0.772. The number of hydrogen-bond acceptors (Lipinski definition) is 5. The maximum Gasteiger partial charge on any atom is 0.183 e. The third-order valence-corrected chi connectivity index (χ3v) is 2.87. The minimum Gasteiger partial charge on any atom is -0.355 e. The molecule has 98 valence electrons. The molecule has 0 aliphatic heterocycles. The number of fused-ring (bicyclic) bond motifs is 1. The molecule has 0 saturated carbocycles. The molecule has 0 bridgehead atoms. The van der Waals surface area contributed by atoms with E-state index in [0.29, 0.717) is 0 Å². The Morgan fingerprint density at radius 2 is 1.83 bits per heavy atom. The first-order valence-electron chi connectivity index (χ1n) is 6.60. The van der Waals surface area contributed by atoms with E-state index in [4.69, 9.17) is 0 Å². The predicted molar refractivity (Wildman–Crippen MR) is 71.6 cm³/mol. The number of anilines is 1. The average molecular weight is 248 g/mol. The summed E-state index contributed by atoms with van der Waals surface area (Å²) >= 11 is 0. The van der Waals surface area contributed by atoms with Crippen LogP contribution in [0, 0.1) is 0 Å². The summed E-state index contributed by atoms with van der Waals surface area (Å²) in [6.45, 7) is 9.12. The molecule has 2 aromatic rings. The van der Waals surface area contributed by atoms with Gasteiger partial charge in [-0.2, -0.15) is 0 Å². The molecule has 0 N–H and O–H groups in total. The molecule has 0 amide bonds. The van der Waals surface area contributed by atoms with E-state index >= 15 is 0 Å². The molecule has 0 aliphatic rings. The van der Waals surface area contributed by atoms with Crippen molar-refractivity contribution < 1.29 is 0 Å². The zero-order chi connectivity index (χ0) is 13.0. The first kappa shape index (κ1) is 12.7. The first-order chi connectivity index (χ1) is 8.81. The van der Waals surface area contributed by atoms with Crippen LogP contribution in [0.3, 0.4) is 0 Å². The SMILES string of the molecule is CCCN(CCC)c1ncnc2c1nnn2CC. The molecule has 2 aromatic heterocycles. The molecule has 0 saturated heterocycles. The van der Waals surface area contributed by atoms with Gasteiger partial charge in [0.15, 0.2) is 17.0 Å². The molecule has 0 aliphatic carbocycles. The molecule has 0 aromatic carbocycles. The highest BCUT2D eigenvalue weighted by Gasteiger charge is 2.15. The van der Waals surface area contributed by atoms with E-state index in [2.05, 4.69) is 39.0 Å². The number of rotatable bonds is 6. The van der Waals surface area contributed by atoms with Crippen molar-refractivity contribution in [1.29, 1.82) is 0 Å². The van der Waals surface area contributed by atoms with Gasteiger partial charge in [-0.15, -0.1) is 5.10 Å². The molecule has 18 heavy (non-hydrogen) atoms. The lowest BCUT2D eigenvalue weighted by molar-refractivity contribution is 0.641. The van der Waals surface area contributed by atoms with Crippen molar-refractivity contribution in [2.75, 3.05) is 18.0 Å². The van der Waals surface area contributed by atoms with Gasteiger partial charge >= 0.3 is 0 Å². The van der Waals surface area contributed by atoms with Crippen molar-refractivity contribution in [3.63, 3.8) is 0 Å². The second-order valence-corrected chi connectivity index (χ2v) is 4.26. The Balaban J connectivity index is 2.45. The van der Waals surface area contributed by atoms with Crippen molar-refractivity contribution in [3.8, 4) is 0 Å². The van der Waals surface area contributed by atoms with E-state index in [0.717, 1.165) is 49.5 Å². The van der Waals surface area contributed by atoms with Crippen LogP contribution in [0.5, 0.6) is 0 Å². The van der Waals surface area contributed by atoms with Gasteiger partial charge in [-0.1, -0.05) is 19.1 Å². The highest BCUT2D eigenvalue weighted by atomic mass is 15.4. The lowest BCUT2D eigenvalue weighted by Crippen LogP contribution is -2.26. The Labute approximate surface area is 107 Å². The normalized spacial score (nSPS) is 11.1. The van der Waals surface area contributed by atoms with E-state index in [9.17, 15) is 0 Å². The van der Waals surface area contributed by atoms with Gasteiger partial charge in [-0.3, -0.25) is 0 Å². The van der Waals surface area contributed by atoms with Crippen LogP contribution >= 0.6 is 0 Å². The van der Waals surface area contributed by atoms with Gasteiger partial charge in [0.25, 0.3) is 0 Å². The topological polar surface area (TPSA) is 59.7 Å². The smallest absolute Gasteiger partial charge is 0.183 e. The lowest BCUT2D eigenvalue weighted by Gasteiger charge is -2.22. The van der Waals surface area contributed by atoms with Crippen molar-refractivity contribution in [1.82, 2.24) is 25.0 Å². The van der Waals surface area contributed by atoms with Crippen LogP contribution in [0.15, 0.2) is 6.33 Å². The second-order valence-electron chi connectivity index (χ2n) is 4.26. The summed E-state index contributed by atoms with van der Waals surface area (Å²) in [6, 6.07) is 0. The Morgan fingerprint density at radius 1 is 1.11 bits per heavy atom. The zero-order valence-corrected chi connectivity index (χ0v) is 11.3. The van der Waals surface area contributed by atoms with Crippen molar-refractivity contribution in [3.05, 3.63) is 6.33 Å². The van der Waals surface area contributed by atoms with E-state index in [1.807, 2.05) is 6.92 Å². The van der Waals surface area contributed by atoms with Gasteiger partial charge in [0.05, 0.1) is 0 Å². The molecule has 0 spiro atoms. The van der Waals surface area contributed by atoms with Crippen LogP contribution in [0.1, 0.15) is 33.6 Å². The maximum atomic E-state index is 4.39. The number of nitrogens with zero attached hydrogens (tertiary/aromatic N) is 6. The summed E-state index contributed by atoms with van der Waals surface area (Å²) in [5, 5.41) is 8.34. The number of hydrogen-bond donors (Lipinski definition) is 0. The second kappa shape index (κ2) is 5.75. The van der Waals surface area contributed by atoms with E-state index in [1.54, 1.807) is 11.0 Å². The largest absolute Gasteiger partial charge is 0.355 e. The first-order valence-corrected chi connectivity index (χ1v) is 6.60. The van der Waals surface area contributed by atoms with Crippen LogP contribution in [0.25, 0.3) is 11.2 Å². The quantitative estimate of drug-likeness (QED) is 0.781. The summed E-state index contributed by atoms with van der Waals surface area (Å²) in [4.78, 5) is 10.9. The van der Waals surface area contributed by atoms with Crippen LogP contribution in [-0.4, -0.2) is 38.1 Å². The Kier molecular flexibility index (Phi) is 4.07. The molecule has 2 rings (SSSR count). The highest BCUT2D eigenvalue weighted by Crippen LogP contribution is 2.20. The van der Waals surface area contributed by atoms with Gasteiger partial charge in [0, 0.05) is 19.6 Å². The lowest BCUT2D eigenvalue weighted by atomic mass is 10.3. The maximum absolute atomic E-state index is 4.39. The van der Waals surface area contributed by atoms with Crippen LogP contribution in [0.2, 0.25) is 0 Å². The summed E-state index contributed by atoms with van der Waals surface area (Å²) < 4.78 is 1.80.